The van der Waals surface area contributed by atoms with Crippen molar-refractivity contribution < 1.29 is 23.9 Å². The normalized spacial score (nSPS) is 16.0. The second kappa shape index (κ2) is 44.0. The molecule has 0 spiro atoms. The Balaban J connectivity index is 0.000000143. The molecule has 0 fully saturated rings. The van der Waals surface area contributed by atoms with Crippen LogP contribution in [-0.4, -0.2) is 79.2 Å². The number of carbonyl (C=O) groups is 3. The van der Waals surface area contributed by atoms with Crippen molar-refractivity contribution in [3.63, 3.8) is 0 Å². The molecule has 5 aliphatic heterocycles. The minimum absolute atomic E-state index is 0.164. The number of aromatic amines is 2. The molecule has 7 aromatic carbocycles. The number of carbonyl (C=O) groups excluding carboxylic acids is 3. The van der Waals surface area contributed by atoms with Gasteiger partial charge in [-0.2, -0.15) is 29.8 Å². The molecule has 5 aromatic heterocycles. The molecule has 5 aliphatic rings. The van der Waals surface area contributed by atoms with Gasteiger partial charge in [0.1, 0.15) is 22.8 Å². The molecular formula is C104H102Cl5N21O5. The summed E-state index contributed by atoms with van der Waals surface area (Å²) < 4.78 is 14.6. The van der Waals surface area contributed by atoms with Crippen LogP contribution in [0.15, 0.2) is 258 Å². The zero-order valence-electron chi connectivity index (χ0n) is 76.8. The minimum Gasteiger partial charge on any atom is -0.442 e. The topological polar surface area (TPSA) is 274 Å². The number of anilines is 6. The molecule has 26 nitrogen and oxygen atoms in total. The number of halogens is 5. The molecule has 0 radical (unpaired) electrons. The second-order valence-electron chi connectivity index (χ2n) is 34.2. The van der Waals surface area contributed by atoms with Crippen molar-refractivity contribution in [2.45, 2.75) is 188 Å². The molecule has 12 aromatic rings. The van der Waals surface area contributed by atoms with Gasteiger partial charge >= 0.3 is 18.2 Å². The van der Waals surface area contributed by atoms with Gasteiger partial charge in [0.25, 0.3) is 0 Å². The molecule has 8 N–H and O–H groups in total. The highest BCUT2D eigenvalue weighted by Crippen LogP contribution is 2.53. The van der Waals surface area contributed by atoms with Crippen LogP contribution in [0.4, 0.5) is 49.2 Å². The van der Waals surface area contributed by atoms with Gasteiger partial charge < -0.3 is 41.4 Å². The molecule has 10 heterocycles. The van der Waals surface area contributed by atoms with E-state index >= 15 is 0 Å². The van der Waals surface area contributed by atoms with E-state index < -0.39 is 23.4 Å². The quantitative estimate of drug-likeness (QED) is 0.0394. The number of hydrogen-bond donors (Lipinski definition) is 8. The van der Waals surface area contributed by atoms with E-state index in [1.54, 1.807) is 72.3 Å². The Kier molecular flexibility index (Phi) is 32.0. The van der Waals surface area contributed by atoms with Crippen molar-refractivity contribution in [3.8, 4) is 11.3 Å². The SMILES string of the molecule is [C-]#[N+]C1=C(CCC)Nc2c(cnn2C(=O)Nc2ccccc2)C1c1ccccc1Cl.[C-]#[N+]C1=C(CCC)Nc2c(cnn2C(=O)OC(C)(C)C)C1c1ccccc1Cl.[C-]#[N+]C1=C(CCC)Nc2n[nH]c(-c3ccccc3)c2C1c1ccccc1Cl.[C-]#[N+]C1=C(CCC)Nc2n[nH]c(C)c2C1c1ccccc1Cl.[C-]#[N+]C1=C(CCC)Nc2nn(C(=O)OC(C)(C)C)cc2C1c1ccccc1Cl. The summed E-state index contributed by atoms with van der Waals surface area (Å²) in [6.07, 6.45) is 11.9. The number of nitrogens with zero attached hydrogens (tertiary/aromatic N) is 13. The third kappa shape index (κ3) is 21.8. The lowest BCUT2D eigenvalue weighted by atomic mass is 9.83. The summed E-state index contributed by atoms with van der Waals surface area (Å²) in [6, 6.07) is 56.8. The number of aromatic nitrogens is 10. The highest BCUT2D eigenvalue weighted by molar-refractivity contribution is 6.33. The lowest BCUT2D eigenvalue weighted by Gasteiger charge is -2.28. The summed E-state index contributed by atoms with van der Waals surface area (Å²) in [6.45, 7) is 62.1. The van der Waals surface area contributed by atoms with E-state index in [4.69, 9.17) is 100 Å². The Hall–Kier alpha value is -14.4. The van der Waals surface area contributed by atoms with Crippen molar-refractivity contribution >= 4 is 111 Å². The molecule has 0 bridgehead atoms. The fraction of sp³-hybridized carbons (Fsp3) is 0.279. The fourth-order valence-electron chi connectivity index (χ4n) is 16.8. The molecule has 17 rings (SSSR count). The lowest BCUT2D eigenvalue weighted by Crippen LogP contribution is -2.29. The predicted molar refractivity (Wildman–Crippen MR) is 535 cm³/mol. The average Bonchev–Trinajstić information content (AvgIpc) is 1.67. The van der Waals surface area contributed by atoms with Crippen LogP contribution in [0.1, 0.15) is 231 Å². The number of hydrogen-bond acceptors (Lipinski definition) is 15. The second-order valence-corrected chi connectivity index (χ2v) is 36.3. The number of ether oxygens (including phenoxy) is 2. The summed E-state index contributed by atoms with van der Waals surface area (Å²) in [5, 5.41) is 50.5. The molecule has 0 aliphatic carbocycles. The largest absolute Gasteiger partial charge is 0.442 e. The smallest absolute Gasteiger partial charge is 0.437 e. The number of nitrogens with one attached hydrogen (secondary N) is 8. The lowest BCUT2D eigenvalue weighted by molar-refractivity contribution is 0.0505. The highest BCUT2D eigenvalue weighted by atomic mass is 35.5. The van der Waals surface area contributed by atoms with Gasteiger partial charge in [-0.1, -0.05) is 264 Å². The summed E-state index contributed by atoms with van der Waals surface area (Å²) in [4.78, 5) is 57.3. The van der Waals surface area contributed by atoms with Crippen LogP contribution in [0.3, 0.4) is 0 Å². The van der Waals surface area contributed by atoms with Crippen LogP contribution in [-0.2, 0) is 9.47 Å². The maximum Gasteiger partial charge on any atom is 0.437 e. The molecule has 5 unspecified atom stereocenters. The van der Waals surface area contributed by atoms with Gasteiger partial charge in [-0.3, -0.25) is 10.2 Å². The van der Waals surface area contributed by atoms with Gasteiger partial charge in [0.2, 0.25) is 0 Å². The maximum atomic E-state index is 12.9. The van der Waals surface area contributed by atoms with E-state index in [0.717, 1.165) is 158 Å². The van der Waals surface area contributed by atoms with Gasteiger partial charge in [0.05, 0.1) is 80.5 Å². The van der Waals surface area contributed by atoms with Crippen LogP contribution in [0.25, 0.3) is 35.5 Å². The Labute approximate surface area is 811 Å². The average molecular weight is 1900 g/mol. The number of H-pyrrole nitrogens is 2. The summed E-state index contributed by atoms with van der Waals surface area (Å²) in [5.41, 5.74) is 18.2. The van der Waals surface area contributed by atoms with Crippen molar-refractivity contribution in [1.29, 1.82) is 0 Å². The molecular weight excluding hydrogens is 1800 g/mol. The molecule has 135 heavy (non-hydrogen) atoms. The Morgan fingerprint density at radius 1 is 0.393 bits per heavy atom. The van der Waals surface area contributed by atoms with E-state index in [0.29, 0.717) is 96.0 Å². The van der Waals surface area contributed by atoms with Crippen LogP contribution in [0.2, 0.25) is 25.1 Å². The first kappa shape index (κ1) is 98.1. The minimum atomic E-state index is -0.642. The monoisotopic (exact) mass is 1900 g/mol. The van der Waals surface area contributed by atoms with E-state index in [-0.39, 0.29) is 35.6 Å². The third-order valence-corrected chi connectivity index (χ3v) is 24.2. The van der Waals surface area contributed by atoms with E-state index in [9.17, 15) is 14.4 Å². The Morgan fingerprint density at radius 3 is 1.12 bits per heavy atom. The van der Waals surface area contributed by atoms with Crippen LogP contribution < -0.4 is 31.9 Å². The predicted octanol–water partition coefficient (Wildman–Crippen LogP) is 28.8. The van der Waals surface area contributed by atoms with Crippen molar-refractivity contribution in [2.75, 3.05) is 31.9 Å². The van der Waals surface area contributed by atoms with Gasteiger partial charge in [-0.15, -0.1) is 9.78 Å². The van der Waals surface area contributed by atoms with Gasteiger partial charge in [0.15, 0.2) is 45.9 Å². The number of para-hydroxylation sites is 1. The molecule has 0 saturated carbocycles. The number of amides is 1. The van der Waals surface area contributed by atoms with E-state index in [2.05, 4.69) is 120 Å². The zero-order valence-corrected chi connectivity index (χ0v) is 80.5. The van der Waals surface area contributed by atoms with E-state index in [1.807, 2.05) is 184 Å². The third-order valence-electron chi connectivity index (χ3n) is 22.5. The van der Waals surface area contributed by atoms with Gasteiger partial charge in [-0.25, -0.2) is 38.6 Å². The molecule has 5 atom stereocenters. The first-order valence-electron chi connectivity index (χ1n) is 44.4. The zero-order chi connectivity index (χ0) is 96.5. The van der Waals surface area contributed by atoms with Crippen LogP contribution in [0, 0.1) is 39.8 Å². The summed E-state index contributed by atoms with van der Waals surface area (Å²) in [7, 11) is 0. The number of allylic oxidation sites excluding steroid dienone is 10. The summed E-state index contributed by atoms with van der Waals surface area (Å²) >= 11 is 32.4. The Bertz CT molecular complexity index is 6780. The van der Waals surface area contributed by atoms with E-state index in [1.165, 1.54) is 14.0 Å². The molecule has 0 saturated heterocycles. The molecule has 1 amide bonds. The van der Waals surface area contributed by atoms with Crippen LogP contribution in [0.5, 0.6) is 0 Å². The first-order chi connectivity index (χ1) is 65.1. The number of aryl methyl sites for hydroxylation is 1. The number of fused-ring (bicyclic) bond motifs is 5. The summed E-state index contributed by atoms with van der Waals surface area (Å²) in [5.74, 6) is 1.64. The number of benzene rings is 7. The fourth-order valence-corrected chi connectivity index (χ4v) is 18.0. The van der Waals surface area contributed by atoms with Crippen molar-refractivity contribution in [1.82, 2.24) is 49.7 Å². The standard InChI is InChI=1S/C23H20ClN5O.C22H19ClN4.2C21H23ClN4O2.C17H17ClN4/c1-3-9-19-21(25-2)20(16-12-7-8-13-18(16)24)17-14-26-29(22(17)28-19)23(30)27-15-10-5-4-6-11-15;1-3-9-17-21(24-2)18(15-12-7-8-13-16(15)23)19-20(26-27-22(19)25-17)14-10-5-4-6-11-14;1-6-9-16-18(23-5)17(13-10-7-8-11-15(13)22)14-12-26(25-19(14)24-16)20(27)28-21(2,3)4;1-6-9-16-18(23-5)17(13-10-7-8-11-15(13)22)14-12-24-26(19(14)25-16)20(27)28-21(2,3)4;1-4-7-13-16(19-3)15(11-8-5-6-9-12(11)18)14-10(2)21-22-17(14)20-13/h4-8,10-14,20,28H,3,9H2,1H3,(H,27,30);4-8,10-13,18H,3,9H2,1H3,(H2,25,26,27);7-8,10-12,17H,6,9H2,1-4H3,(H,24,25);7-8,10-12,17,25H,6,9H2,1-4H3;5-6,8-9,15H,4,7H2,1-2H3,(H2,20,21,22). The van der Waals surface area contributed by atoms with Gasteiger partial charge in [-0.05, 0) is 156 Å². The van der Waals surface area contributed by atoms with Crippen molar-refractivity contribution in [3.05, 3.63) is 401 Å². The Morgan fingerprint density at radius 2 is 0.719 bits per heavy atom. The number of rotatable bonds is 17. The molecule has 688 valence electrons. The first-order valence-corrected chi connectivity index (χ1v) is 46.3. The van der Waals surface area contributed by atoms with Crippen LogP contribution >= 0.6 is 58.0 Å². The maximum absolute atomic E-state index is 12.9. The van der Waals surface area contributed by atoms with Crippen molar-refractivity contribution in [2.24, 2.45) is 0 Å². The van der Waals surface area contributed by atoms with Gasteiger partial charge in [0, 0.05) is 99.0 Å². The highest BCUT2D eigenvalue weighted by Gasteiger charge is 2.42. The molecule has 31 heteroatoms.